The molecule has 0 radical (unpaired) electrons. The summed E-state index contributed by atoms with van der Waals surface area (Å²) in [5, 5.41) is 2.51. The van der Waals surface area contributed by atoms with Crippen molar-refractivity contribution in [3.63, 3.8) is 0 Å². The van der Waals surface area contributed by atoms with Crippen molar-refractivity contribution in [1.82, 2.24) is 0 Å². The van der Waals surface area contributed by atoms with Crippen molar-refractivity contribution in [2.75, 3.05) is 4.72 Å². The zero-order valence-corrected chi connectivity index (χ0v) is 8.21. The van der Waals surface area contributed by atoms with Crippen molar-refractivity contribution in [1.29, 1.82) is 0 Å². The maximum atomic E-state index is 4.15. The summed E-state index contributed by atoms with van der Waals surface area (Å²) in [6.45, 7) is 0. The van der Waals surface area contributed by atoms with Gasteiger partial charge in [-0.15, -0.1) is 0 Å². The summed E-state index contributed by atoms with van der Waals surface area (Å²) in [5.41, 5.74) is 2.32. The van der Waals surface area contributed by atoms with Gasteiger partial charge in [-0.3, -0.25) is 0 Å². The van der Waals surface area contributed by atoms with Crippen LogP contribution >= 0.6 is 12.1 Å². The molecule has 2 aromatic carbocycles. The number of hydrogen-bond donors (Lipinski definition) is 1. The average molecular weight is 200 g/mol. The number of benzene rings is 2. The van der Waals surface area contributed by atoms with Gasteiger partial charge in [0.05, 0.1) is 17.8 Å². The highest BCUT2D eigenvalue weighted by molar-refractivity contribution is 7.99. The monoisotopic (exact) mass is 200 g/mol. The first kappa shape index (κ1) is 7.88. The third kappa shape index (κ3) is 1.09. The number of rotatable bonds is 0. The molecule has 2 aromatic rings. The van der Waals surface area contributed by atoms with Crippen molar-refractivity contribution < 1.29 is 0 Å². The predicted molar refractivity (Wildman–Crippen MR) is 62.8 cm³/mol. The Hall–Kier alpha value is -1.48. The number of anilines is 1. The molecular weight excluding hydrogens is 192 g/mol. The van der Waals surface area contributed by atoms with Gasteiger partial charge in [-0.2, -0.15) is 0 Å². The summed E-state index contributed by atoms with van der Waals surface area (Å²) in [7, 11) is 0. The van der Waals surface area contributed by atoms with E-state index >= 15 is 0 Å². The summed E-state index contributed by atoms with van der Waals surface area (Å²) in [5.74, 6) is 0. The Balaban J connectivity index is 2.42. The van der Waals surface area contributed by atoms with Crippen LogP contribution in [0.2, 0.25) is 0 Å². The van der Waals surface area contributed by atoms with Gasteiger partial charge in [-0.05, 0) is 16.8 Å². The van der Waals surface area contributed by atoms with Crippen LogP contribution in [-0.4, -0.2) is 6.21 Å². The minimum absolute atomic E-state index is 1.14. The standard InChI is InChI=1S/C11H8N2S/c1-2-4-9-8(3-1)5-6-11-10(9)7-12-14-13-11/h1-7,13H. The lowest BCUT2D eigenvalue weighted by atomic mass is 10.0. The van der Waals surface area contributed by atoms with Crippen LogP contribution in [0.15, 0.2) is 40.8 Å². The van der Waals surface area contributed by atoms with Gasteiger partial charge in [0.15, 0.2) is 0 Å². The molecule has 0 saturated heterocycles. The zero-order chi connectivity index (χ0) is 9.38. The Labute approximate surface area is 86.3 Å². The lowest BCUT2D eigenvalue weighted by molar-refractivity contribution is 1.66. The molecular formula is C11H8N2S. The van der Waals surface area contributed by atoms with Gasteiger partial charge in [0.25, 0.3) is 0 Å². The molecule has 0 aliphatic carbocycles. The molecule has 14 heavy (non-hydrogen) atoms. The number of fused-ring (bicyclic) bond motifs is 3. The van der Waals surface area contributed by atoms with Crippen LogP contribution in [0.3, 0.4) is 0 Å². The normalized spacial score (nSPS) is 13.7. The molecule has 1 aliphatic heterocycles. The molecule has 0 fully saturated rings. The highest BCUT2D eigenvalue weighted by Gasteiger charge is 2.07. The molecule has 0 unspecified atom stereocenters. The van der Waals surface area contributed by atoms with Crippen LogP contribution in [0.25, 0.3) is 10.8 Å². The Kier molecular flexibility index (Phi) is 1.70. The highest BCUT2D eigenvalue weighted by atomic mass is 32.2. The molecule has 0 atom stereocenters. The quantitative estimate of drug-likeness (QED) is 0.660. The second-order valence-electron chi connectivity index (χ2n) is 3.18. The van der Waals surface area contributed by atoms with Crippen molar-refractivity contribution >= 4 is 34.8 Å². The van der Waals surface area contributed by atoms with Crippen LogP contribution in [0.4, 0.5) is 5.69 Å². The van der Waals surface area contributed by atoms with E-state index in [2.05, 4.69) is 45.5 Å². The smallest absolute Gasteiger partial charge is 0.0901 e. The topological polar surface area (TPSA) is 24.4 Å². The molecule has 1 heterocycles. The molecule has 0 spiro atoms. The Morgan fingerprint density at radius 2 is 2.00 bits per heavy atom. The first-order chi connectivity index (χ1) is 6.95. The van der Waals surface area contributed by atoms with E-state index in [9.17, 15) is 0 Å². The van der Waals surface area contributed by atoms with Gasteiger partial charge >= 0.3 is 0 Å². The van der Waals surface area contributed by atoms with Gasteiger partial charge in [0, 0.05) is 11.8 Å². The summed E-state index contributed by atoms with van der Waals surface area (Å²) >= 11 is 1.37. The highest BCUT2D eigenvalue weighted by Crippen LogP contribution is 2.29. The number of nitrogens with zero attached hydrogens (tertiary/aromatic N) is 1. The number of hydrogen-bond acceptors (Lipinski definition) is 3. The molecule has 0 bridgehead atoms. The summed E-state index contributed by atoms with van der Waals surface area (Å²) < 4.78 is 7.32. The fourth-order valence-electron chi connectivity index (χ4n) is 1.68. The second kappa shape index (κ2) is 3.03. The van der Waals surface area contributed by atoms with Crippen LogP contribution in [0.5, 0.6) is 0 Å². The third-order valence-electron chi connectivity index (χ3n) is 2.36. The van der Waals surface area contributed by atoms with Crippen LogP contribution in [-0.2, 0) is 0 Å². The van der Waals surface area contributed by atoms with E-state index < -0.39 is 0 Å². The number of nitrogens with one attached hydrogen (secondary N) is 1. The fraction of sp³-hybridized carbons (Fsp3) is 0. The lowest BCUT2D eigenvalue weighted by Gasteiger charge is -2.12. The molecule has 0 amide bonds. The summed E-state index contributed by atoms with van der Waals surface area (Å²) in [4.78, 5) is 0. The van der Waals surface area contributed by atoms with E-state index in [-0.39, 0.29) is 0 Å². The van der Waals surface area contributed by atoms with Crippen molar-refractivity contribution in [2.45, 2.75) is 0 Å². The SMILES string of the molecule is C1=NSNc2ccc3ccccc3c21. The second-order valence-corrected chi connectivity index (χ2v) is 3.77. The molecule has 2 nitrogen and oxygen atoms in total. The van der Waals surface area contributed by atoms with E-state index in [1.807, 2.05) is 6.21 Å². The summed E-state index contributed by atoms with van der Waals surface area (Å²) in [6, 6.07) is 12.6. The first-order valence-electron chi connectivity index (χ1n) is 4.42. The third-order valence-corrected chi connectivity index (χ3v) is 2.88. The van der Waals surface area contributed by atoms with Gasteiger partial charge in [0.2, 0.25) is 0 Å². The van der Waals surface area contributed by atoms with E-state index in [0.717, 1.165) is 5.69 Å². The van der Waals surface area contributed by atoms with Gasteiger partial charge in [0.1, 0.15) is 0 Å². The largest absolute Gasteiger partial charge is 0.310 e. The van der Waals surface area contributed by atoms with Crippen molar-refractivity contribution in [2.24, 2.45) is 4.40 Å². The molecule has 1 N–H and O–H groups in total. The predicted octanol–water partition coefficient (Wildman–Crippen LogP) is 3.25. The van der Waals surface area contributed by atoms with E-state index in [1.165, 1.54) is 28.5 Å². The van der Waals surface area contributed by atoms with Crippen LogP contribution in [0.1, 0.15) is 5.56 Å². The Morgan fingerprint density at radius 1 is 1.07 bits per heavy atom. The van der Waals surface area contributed by atoms with E-state index in [0.29, 0.717) is 0 Å². The molecule has 0 saturated carbocycles. The van der Waals surface area contributed by atoms with Gasteiger partial charge in [-0.25, -0.2) is 4.40 Å². The molecule has 3 heteroatoms. The minimum atomic E-state index is 1.14. The Morgan fingerprint density at radius 3 is 3.00 bits per heavy atom. The van der Waals surface area contributed by atoms with Crippen LogP contribution in [0, 0.1) is 0 Å². The average Bonchev–Trinajstić information content (AvgIpc) is 2.29. The van der Waals surface area contributed by atoms with Crippen LogP contribution < -0.4 is 4.72 Å². The van der Waals surface area contributed by atoms with E-state index in [4.69, 9.17) is 0 Å². The fourth-order valence-corrected chi connectivity index (χ4v) is 2.17. The van der Waals surface area contributed by atoms with Gasteiger partial charge < -0.3 is 4.72 Å². The minimum Gasteiger partial charge on any atom is -0.310 e. The molecule has 3 rings (SSSR count). The van der Waals surface area contributed by atoms with Crippen molar-refractivity contribution in [3.8, 4) is 0 Å². The molecule has 68 valence electrons. The first-order valence-corrected chi connectivity index (χ1v) is 5.20. The molecule has 0 aromatic heterocycles. The maximum Gasteiger partial charge on any atom is 0.0901 e. The van der Waals surface area contributed by atoms with E-state index in [1.54, 1.807) is 0 Å². The lowest BCUT2D eigenvalue weighted by Crippen LogP contribution is -1.97. The molecule has 1 aliphatic rings. The maximum absolute atomic E-state index is 4.15. The van der Waals surface area contributed by atoms with Gasteiger partial charge in [-0.1, -0.05) is 30.3 Å². The Bertz CT molecular complexity index is 520. The summed E-state index contributed by atoms with van der Waals surface area (Å²) in [6.07, 6.45) is 1.92. The zero-order valence-electron chi connectivity index (χ0n) is 7.40. The van der Waals surface area contributed by atoms with Crippen molar-refractivity contribution in [3.05, 3.63) is 42.0 Å².